The molecule has 6 heteroatoms. The number of aromatic nitrogens is 2. The summed E-state index contributed by atoms with van der Waals surface area (Å²) in [7, 11) is 3.36. The lowest BCUT2D eigenvalue weighted by molar-refractivity contribution is 0.188. The molecule has 0 radical (unpaired) electrons. The Kier molecular flexibility index (Phi) is 6.83. The maximum absolute atomic E-state index is 9.36. The molecule has 0 aliphatic carbocycles. The minimum atomic E-state index is 0.469. The van der Waals surface area contributed by atoms with Crippen molar-refractivity contribution in [3.8, 4) is 34.3 Å². The number of hydrogen-bond donors (Lipinski definition) is 0. The van der Waals surface area contributed by atoms with Gasteiger partial charge in [0.05, 0.1) is 35.3 Å². The Labute approximate surface area is 202 Å². The van der Waals surface area contributed by atoms with Gasteiger partial charge in [-0.1, -0.05) is 50.2 Å². The van der Waals surface area contributed by atoms with Crippen molar-refractivity contribution >= 4 is 27.0 Å². The smallest absolute Gasteiger partial charge is 0.141 e. The van der Waals surface area contributed by atoms with E-state index in [4.69, 9.17) is 14.5 Å². The molecular weight excluding hydrogens is 478 g/mol. The third-order valence-electron chi connectivity index (χ3n) is 5.80. The molecule has 0 amide bonds. The van der Waals surface area contributed by atoms with Crippen LogP contribution < -0.4 is 4.74 Å². The minimum Gasteiger partial charge on any atom is -0.496 e. The molecule has 0 fully saturated rings. The number of imidazole rings is 1. The average molecular weight is 504 g/mol. The van der Waals surface area contributed by atoms with Crippen LogP contribution in [0.3, 0.4) is 0 Å². The number of nitriles is 1. The van der Waals surface area contributed by atoms with E-state index in [0.29, 0.717) is 30.4 Å². The van der Waals surface area contributed by atoms with Gasteiger partial charge in [0.15, 0.2) is 0 Å². The van der Waals surface area contributed by atoms with E-state index in [0.717, 1.165) is 38.0 Å². The summed E-state index contributed by atoms with van der Waals surface area (Å²) in [4.78, 5) is 5.05. The van der Waals surface area contributed by atoms with E-state index in [1.54, 1.807) is 20.3 Å². The molecule has 0 unspecified atom stereocenters. The number of hydrogen-bond acceptors (Lipinski definition) is 4. The van der Waals surface area contributed by atoms with E-state index in [1.165, 1.54) is 5.56 Å². The maximum Gasteiger partial charge on any atom is 0.141 e. The number of fused-ring (bicyclic) bond motifs is 1. The highest BCUT2D eigenvalue weighted by molar-refractivity contribution is 9.10. The largest absolute Gasteiger partial charge is 0.496 e. The van der Waals surface area contributed by atoms with Gasteiger partial charge in [-0.3, -0.25) is 0 Å². The Balaban J connectivity index is 1.96. The summed E-state index contributed by atoms with van der Waals surface area (Å²) in [5.74, 6) is 2.06. The monoisotopic (exact) mass is 503 g/mol. The third kappa shape index (κ3) is 4.39. The fourth-order valence-corrected chi connectivity index (χ4v) is 4.73. The van der Waals surface area contributed by atoms with Crippen LogP contribution in [0.2, 0.25) is 0 Å². The summed E-state index contributed by atoms with van der Waals surface area (Å²) in [6.07, 6.45) is 0. The van der Waals surface area contributed by atoms with E-state index in [9.17, 15) is 5.26 Å². The highest BCUT2D eigenvalue weighted by Crippen LogP contribution is 2.43. The summed E-state index contributed by atoms with van der Waals surface area (Å²) in [6, 6.07) is 20.3. The molecule has 0 bridgehead atoms. The van der Waals surface area contributed by atoms with Crippen LogP contribution in [-0.2, 0) is 11.3 Å². The lowest BCUT2D eigenvalue weighted by atomic mass is 10.0. The van der Waals surface area contributed by atoms with Crippen molar-refractivity contribution in [2.75, 3.05) is 20.8 Å². The molecule has 4 aromatic rings. The molecule has 1 aromatic heterocycles. The number of ether oxygens (including phenoxy) is 2. The van der Waals surface area contributed by atoms with Crippen molar-refractivity contribution in [2.24, 2.45) is 0 Å². The molecule has 4 rings (SSSR count). The molecule has 1 heterocycles. The van der Waals surface area contributed by atoms with E-state index in [-0.39, 0.29) is 0 Å². The van der Waals surface area contributed by atoms with E-state index >= 15 is 0 Å². The zero-order valence-corrected chi connectivity index (χ0v) is 20.8. The van der Waals surface area contributed by atoms with Gasteiger partial charge in [-0.25, -0.2) is 4.98 Å². The molecule has 5 nitrogen and oxygen atoms in total. The van der Waals surface area contributed by atoms with Gasteiger partial charge in [-0.2, -0.15) is 5.26 Å². The fraction of sp³-hybridized carbons (Fsp3) is 0.259. The van der Waals surface area contributed by atoms with Gasteiger partial charge < -0.3 is 14.0 Å². The number of halogens is 1. The second kappa shape index (κ2) is 9.78. The van der Waals surface area contributed by atoms with E-state index in [1.807, 2.05) is 24.3 Å². The van der Waals surface area contributed by atoms with E-state index < -0.39 is 0 Å². The number of benzene rings is 3. The van der Waals surface area contributed by atoms with Crippen LogP contribution in [0.4, 0.5) is 0 Å². The van der Waals surface area contributed by atoms with Crippen LogP contribution in [0.1, 0.15) is 30.9 Å². The predicted molar refractivity (Wildman–Crippen MR) is 136 cm³/mol. The van der Waals surface area contributed by atoms with Crippen molar-refractivity contribution in [1.82, 2.24) is 9.55 Å². The van der Waals surface area contributed by atoms with Gasteiger partial charge in [0.2, 0.25) is 0 Å². The van der Waals surface area contributed by atoms with Gasteiger partial charge in [-0.05, 0) is 45.1 Å². The summed E-state index contributed by atoms with van der Waals surface area (Å²) in [5, 5.41) is 9.36. The summed E-state index contributed by atoms with van der Waals surface area (Å²) in [5.41, 5.74) is 6.50. The molecule has 0 atom stereocenters. The van der Waals surface area contributed by atoms with Gasteiger partial charge >= 0.3 is 0 Å². The average Bonchev–Trinajstić information content (AvgIpc) is 3.21. The molecule has 0 aliphatic heterocycles. The van der Waals surface area contributed by atoms with E-state index in [2.05, 4.69) is 64.7 Å². The van der Waals surface area contributed by atoms with Crippen molar-refractivity contribution in [1.29, 1.82) is 5.26 Å². The van der Waals surface area contributed by atoms with Crippen molar-refractivity contribution in [3.05, 3.63) is 70.2 Å². The van der Waals surface area contributed by atoms with Crippen molar-refractivity contribution in [3.63, 3.8) is 0 Å². The van der Waals surface area contributed by atoms with Gasteiger partial charge in [0.25, 0.3) is 0 Å². The zero-order chi connectivity index (χ0) is 23.5. The summed E-state index contributed by atoms with van der Waals surface area (Å²) < 4.78 is 14.2. The molecular formula is C27H26BrN3O2. The standard InChI is InChI=1S/C27H26BrN3O2/c1-17(2)19-8-10-20(11-9-19)27-30-26-22(31(27)12-13-32-3)15-23(33-4)24(25(26)28)21-7-5-6-18(14-21)16-29/h5-11,14-15,17H,12-13H2,1-4H3. The minimum absolute atomic E-state index is 0.469. The Hall–Kier alpha value is -3.14. The highest BCUT2D eigenvalue weighted by Gasteiger charge is 2.21. The third-order valence-corrected chi connectivity index (χ3v) is 6.58. The number of methoxy groups -OCH3 is 2. The summed E-state index contributed by atoms with van der Waals surface area (Å²) in [6.45, 7) is 5.60. The Morgan fingerprint density at radius 2 is 1.82 bits per heavy atom. The lowest BCUT2D eigenvalue weighted by Gasteiger charge is -2.14. The van der Waals surface area contributed by atoms with Crippen LogP contribution >= 0.6 is 15.9 Å². The Morgan fingerprint density at radius 3 is 2.45 bits per heavy atom. The number of nitrogens with zero attached hydrogens (tertiary/aromatic N) is 3. The van der Waals surface area contributed by atoms with Crippen molar-refractivity contribution in [2.45, 2.75) is 26.3 Å². The first-order valence-corrected chi connectivity index (χ1v) is 11.6. The molecule has 0 spiro atoms. The molecule has 33 heavy (non-hydrogen) atoms. The van der Waals surface area contributed by atoms with Gasteiger partial charge in [0.1, 0.15) is 17.1 Å². The predicted octanol–water partition coefficient (Wildman–Crippen LogP) is 6.78. The molecule has 0 saturated heterocycles. The Morgan fingerprint density at radius 1 is 1.06 bits per heavy atom. The maximum atomic E-state index is 9.36. The fourth-order valence-electron chi connectivity index (χ4n) is 4.02. The second-order valence-corrected chi connectivity index (χ2v) is 8.98. The lowest BCUT2D eigenvalue weighted by Crippen LogP contribution is -2.06. The number of rotatable bonds is 7. The molecule has 3 aromatic carbocycles. The quantitative estimate of drug-likeness (QED) is 0.278. The molecule has 168 valence electrons. The molecule has 0 N–H and O–H groups in total. The van der Waals surface area contributed by atoms with Crippen molar-refractivity contribution < 1.29 is 9.47 Å². The normalized spacial score (nSPS) is 11.2. The second-order valence-electron chi connectivity index (χ2n) is 8.18. The van der Waals surface area contributed by atoms with Crippen LogP contribution in [0, 0.1) is 11.3 Å². The first-order valence-electron chi connectivity index (χ1n) is 10.8. The van der Waals surface area contributed by atoms with Crippen LogP contribution in [0.5, 0.6) is 5.75 Å². The van der Waals surface area contributed by atoms with Crippen LogP contribution in [0.25, 0.3) is 33.5 Å². The van der Waals surface area contributed by atoms with Gasteiger partial charge in [-0.15, -0.1) is 0 Å². The van der Waals surface area contributed by atoms with Gasteiger partial charge in [0, 0.05) is 30.8 Å². The van der Waals surface area contributed by atoms with Crippen LogP contribution in [0.15, 0.2) is 59.1 Å². The SMILES string of the molecule is COCCn1c(-c2ccc(C(C)C)cc2)nc2c(Br)c(-c3cccc(C#N)c3)c(OC)cc21. The summed E-state index contributed by atoms with van der Waals surface area (Å²) >= 11 is 3.81. The van der Waals surface area contributed by atoms with Crippen LogP contribution in [-0.4, -0.2) is 30.4 Å². The highest BCUT2D eigenvalue weighted by atomic mass is 79.9. The zero-order valence-electron chi connectivity index (χ0n) is 19.2. The molecule has 0 saturated carbocycles. The first kappa shape index (κ1) is 23.0. The first-order chi connectivity index (χ1) is 16.0. The molecule has 0 aliphatic rings. The topological polar surface area (TPSA) is 60.1 Å². The Bertz CT molecular complexity index is 1330.